The van der Waals surface area contributed by atoms with Gasteiger partial charge < -0.3 is 5.73 Å². The van der Waals surface area contributed by atoms with Gasteiger partial charge in [0.1, 0.15) is 0 Å². The van der Waals surface area contributed by atoms with Crippen molar-refractivity contribution < 1.29 is 0 Å². The lowest BCUT2D eigenvalue weighted by molar-refractivity contribution is 0.718. The maximum Gasteiger partial charge on any atom is 0.0595 e. The molecule has 2 rings (SSSR count). The topological polar surface area (TPSA) is 26.0 Å². The first-order valence-electron chi connectivity index (χ1n) is 5.93. The van der Waals surface area contributed by atoms with Gasteiger partial charge in [-0.15, -0.1) is 0 Å². The van der Waals surface area contributed by atoms with Crippen molar-refractivity contribution in [3.8, 4) is 0 Å². The van der Waals surface area contributed by atoms with E-state index in [-0.39, 0.29) is 6.04 Å². The summed E-state index contributed by atoms with van der Waals surface area (Å²) in [6, 6.07) is 11.7. The molecule has 2 N–H and O–H groups in total. The minimum absolute atomic E-state index is 0.0767. The van der Waals surface area contributed by atoms with E-state index in [1.54, 1.807) is 6.07 Å². The highest BCUT2D eigenvalue weighted by Crippen LogP contribution is 2.28. The van der Waals surface area contributed by atoms with Crippen LogP contribution in [0.4, 0.5) is 0 Å². The maximum absolute atomic E-state index is 6.26. The lowest BCUT2D eigenvalue weighted by atomic mass is 9.99. The molecule has 0 spiro atoms. The van der Waals surface area contributed by atoms with E-state index in [9.17, 15) is 0 Å². The quantitative estimate of drug-likeness (QED) is 0.790. The number of halogens is 3. The van der Waals surface area contributed by atoms with E-state index < -0.39 is 0 Å². The maximum atomic E-state index is 6.26. The predicted octanol–water partition coefficient (Wildman–Crippen LogP) is 5.31. The van der Waals surface area contributed by atoms with Crippen LogP contribution in [0.3, 0.4) is 0 Å². The Morgan fingerprint density at radius 1 is 1.11 bits per heavy atom. The first-order chi connectivity index (χ1) is 8.97. The van der Waals surface area contributed by atoms with Crippen molar-refractivity contribution in [2.75, 3.05) is 0 Å². The second-order valence-corrected chi connectivity index (χ2v) is 6.25. The van der Waals surface area contributed by atoms with Gasteiger partial charge in [0.2, 0.25) is 0 Å². The monoisotopic (exact) mass is 357 g/mol. The van der Waals surface area contributed by atoms with E-state index in [4.69, 9.17) is 28.9 Å². The average molecular weight is 359 g/mol. The fourth-order valence-electron chi connectivity index (χ4n) is 1.96. The van der Waals surface area contributed by atoms with Crippen molar-refractivity contribution in [3.05, 3.63) is 67.6 Å². The minimum atomic E-state index is -0.0767. The summed E-state index contributed by atoms with van der Waals surface area (Å²) >= 11 is 15.5. The van der Waals surface area contributed by atoms with Crippen LogP contribution in [-0.2, 0) is 6.42 Å². The minimum Gasteiger partial charge on any atom is -0.324 e. The third-order valence-electron chi connectivity index (χ3n) is 3.00. The van der Waals surface area contributed by atoms with Crippen molar-refractivity contribution in [2.45, 2.75) is 19.4 Å². The van der Waals surface area contributed by atoms with Crippen LogP contribution in [0, 0.1) is 6.92 Å². The summed E-state index contributed by atoms with van der Waals surface area (Å²) in [5.41, 5.74) is 9.64. The summed E-state index contributed by atoms with van der Waals surface area (Å²) in [6.07, 6.45) is 0.721. The van der Waals surface area contributed by atoms with Crippen molar-refractivity contribution in [1.82, 2.24) is 0 Å². The lowest BCUT2D eigenvalue weighted by Gasteiger charge is -2.15. The van der Waals surface area contributed by atoms with E-state index in [1.165, 1.54) is 5.56 Å². The smallest absolute Gasteiger partial charge is 0.0595 e. The Morgan fingerprint density at radius 2 is 1.84 bits per heavy atom. The second kappa shape index (κ2) is 6.27. The Balaban J connectivity index is 2.20. The summed E-state index contributed by atoms with van der Waals surface area (Å²) in [5.74, 6) is 0. The number of hydrogen-bond donors (Lipinski definition) is 1. The van der Waals surface area contributed by atoms with Gasteiger partial charge in [-0.1, -0.05) is 57.3 Å². The number of hydrogen-bond acceptors (Lipinski definition) is 1. The third-order valence-corrected chi connectivity index (χ3v) is 4.42. The average Bonchev–Trinajstić information content (AvgIpc) is 2.33. The van der Waals surface area contributed by atoms with E-state index in [0.717, 1.165) is 22.0 Å². The Kier molecular flexibility index (Phi) is 4.91. The van der Waals surface area contributed by atoms with Crippen LogP contribution in [0.15, 0.2) is 40.9 Å². The molecule has 100 valence electrons. The van der Waals surface area contributed by atoms with Gasteiger partial charge in [-0.05, 0) is 48.2 Å². The Hall–Kier alpha value is -0.540. The number of nitrogens with two attached hydrogens (primary N) is 1. The van der Waals surface area contributed by atoms with Crippen LogP contribution in [0.2, 0.25) is 10.0 Å². The summed E-state index contributed by atoms with van der Waals surface area (Å²) in [6.45, 7) is 2.05. The molecule has 1 nitrogen and oxygen atoms in total. The van der Waals surface area contributed by atoms with E-state index in [0.29, 0.717) is 10.0 Å². The lowest BCUT2D eigenvalue weighted by Crippen LogP contribution is -2.14. The summed E-state index contributed by atoms with van der Waals surface area (Å²) in [7, 11) is 0. The molecule has 0 bridgehead atoms. The Morgan fingerprint density at radius 3 is 2.47 bits per heavy atom. The van der Waals surface area contributed by atoms with E-state index in [2.05, 4.69) is 41.1 Å². The summed E-state index contributed by atoms with van der Waals surface area (Å²) < 4.78 is 1.04. The number of rotatable bonds is 3. The van der Waals surface area contributed by atoms with Gasteiger partial charge in [0.05, 0.1) is 10.0 Å². The molecule has 2 aromatic rings. The third kappa shape index (κ3) is 3.73. The molecule has 0 heterocycles. The highest BCUT2D eigenvalue weighted by molar-refractivity contribution is 9.10. The molecular formula is C15H14BrCl2N. The van der Waals surface area contributed by atoms with Gasteiger partial charge in [0.15, 0.2) is 0 Å². The first kappa shape index (κ1) is 14.9. The van der Waals surface area contributed by atoms with Gasteiger partial charge >= 0.3 is 0 Å². The van der Waals surface area contributed by atoms with Crippen LogP contribution in [0.25, 0.3) is 0 Å². The highest BCUT2D eigenvalue weighted by Gasteiger charge is 2.11. The zero-order chi connectivity index (χ0) is 14.0. The van der Waals surface area contributed by atoms with Crippen molar-refractivity contribution in [3.63, 3.8) is 0 Å². The van der Waals surface area contributed by atoms with Crippen LogP contribution in [0.1, 0.15) is 22.7 Å². The number of aryl methyl sites for hydroxylation is 1. The highest BCUT2D eigenvalue weighted by atomic mass is 79.9. The molecule has 0 aliphatic heterocycles. The molecular weight excluding hydrogens is 345 g/mol. The van der Waals surface area contributed by atoms with E-state index >= 15 is 0 Å². The molecule has 1 unspecified atom stereocenters. The standard InChI is InChI=1S/C15H14BrCl2N/c1-9-2-4-11(12(16)6-9)15(19)8-10-3-5-13(17)14(18)7-10/h2-7,15H,8,19H2,1H3. The normalized spacial score (nSPS) is 12.5. The Bertz CT molecular complexity index is 599. The second-order valence-electron chi connectivity index (χ2n) is 4.58. The van der Waals surface area contributed by atoms with Gasteiger partial charge in [-0.2, -0.15) is 0 Å². The van der Waals surface area contributed by atoms with Crippen LogP contribution in [-0.4, -0.2) is 0 Å². The van der Waals surface area contributed by atoms with Crippen molar-refractivity contribution in [2.24, 2.45) is 5.73 Å². The largest absolute Gasteiger partial charge is 0.324 e. The number of benzene rings is 2. The predicted molar refractivity (Wildman–Crippen MR) is 86.0 cm³/mol. The van der Waals surface area contributed by atoms with Crippen molar-refractivity contribution >= 4 is 39.1 Å². The van der Waals surface area contributed by atoms with Crippen LogP contribution >= 0.6 is 39.1 Å². The summed E-state index contributed by atoms with van der Waals surface area (Å²) in [5, 5.41) is 1.13. The molecule has 0 fully saturated rings. The molecule has 0 amide bonds. The van der Waals surface area contributed by atoms with Crippen LogP contribution in [0.5, 0.6) is 0 Å². The molecule has 0 radical (unpaired) electrons. The van der Waals surface area contributed by atoms with Crippen LogP contribution < -0.4 is 5.73 Å². The zero-order valence-electron chi connectivity index (χ0n) is 10.5. The molecule has 1 atom stereocenters. The molecule has 0 aliphatic rings. The molecule has 2 aromatic carbocycles. The molecule has 0 aromatic heterocycles. The zero-order valence-corrected chi connectivity index (χ0v) is 13.6. The van der Waals surface area contributed by atoms with Gasteiger partial charge in [-0.25, -0.2) is 0 Å². The summed E-state index contributed by atoms with van der Waals surface area (Å²) in [4.78, 5) is 0. The first-order valence-corrected chi connectivity index (χ1v) is 7.48. The van der Waals surface area contributed by atoms with E-state index in [1.807, 2.05) is 12.1 Å². The van der Waals surface area contributed by atoms with Gasteiger partial charge in [0, 0.05) is 10.5 Å². The molecule has 19 heavy (non-hydrogen) atoms. The molecule has 4 heteroatoms. The fourth-order valence-corrected chi connectivity index (χ4v) is 3.07. The van der Waals surface area contributed by atoms with Gasteiger partial charge in [-0.3, -0.25) is 0 Å². The SMILES string of the molecule is Cc1ccc(C(N)Cc2ccc(Cl)c(Cl)c2)c(Br)c1. The molecule has 0 aliphatic carbocycles. The molecule has 0 saturated heterocycles. The molecule has 0 saturated carbocycles. The van der Waals surface area contributed by atoms with Gasteiger partial charge in [0.25, 0.3) is 0 Å². The Labute approximate surface area is 131 Å². The fraction of sp³-hybridized carbons (Fsp3) is 0.200. The van der Waals surface area contributed by atoms with Crippen molar-refractivity contribution in [1.29, 1.82) is 0 Å².